The number of hydrogen-bond acceptors (Lipinski definition) is 4. The number of hydrogen-bond donors (Lipinski definition) is 3. The predicted octanol–water partition coefficient (Wildman–Crippen LogP) is -0.0943. The van der Waals surface area contributed by atoms with Gasteiger partial charge in [-0.25, -0.2) is 0 Å². The largest absolute Gasteiger partial charge is 0.390 e. The summed E-state index contributed by atoms with van der Waals surface area (Å²) in [6.45, 7) is 2.32. The molecule has 4 heteroatoms. The lowest BCUT2D eigenvalue weighted by Gasteiger charge is -2.21. The van der Waals surface area contributed by atoms with Crippen LogP contribution in [0.4, 0.5) is 0 Å². The molecule has 3 N–H and O–H groups in total. The van der Waals surface area contributed by atoms with E-state index >= 15 is 0 Å². The molecule has 0 aliphatic carbocycles. The second-order valence-electron chi connectivity index (χ2n) is 3.17. The zero-order valence-corrected chi connectivity index (χ0v) is 8.31. The Labute approximate surface area is 79.2 Å². The van der Waals surface area contributed by atoms with Crippen molar-refractivity contribution in [3.8, 4) is 0 Å². The van der Waals surface area contributed by atoms with Gasteiger partial charge < -0.3 is 20.1 Å². The van der Waals surface area contributed by atoms with Crippen LogP contribution in [0.2, 0.25) is 0 Å². The van der Waals surface area contributed by atoms with E-state index in [-0.39, 0.29) is 0 Å². The van der Waals surface area contributed by atoms with Crippen molar-refractivity contribution in [2.45, 2.75) is 44.5 Å². The maximum atomic E-state index is 9.38. The maximum absolute atomic E-state index is 9.38. The monoisotopic (exact) mass is 192 g/mol. The first-order chi connectivity index (χ1) is 6.13. The molecule has 0 rings (SSSR count). The third kappa shape index (κ3) is 5.21. The molecular formula is C9H20O4. The van der Waals surface area contributed by atoms with E-state index in [0.29, 0.717) is 25.9 Å². The summed E-state index contributed by atoms with van der Waals surface area (Å²) in [5, 5.41) is 27.9. The number of ether oxygens (including phenoxy) is 1. The molecule has 4 nitrogen and oxygen atoms in total. The molecular weight excluding hydrogens is 172 g/mol. The molecule has 0 aromatic rings. The van der Waals surface area contributed by atoms with Crippen molar-refractivity contribution in [3.05, 3.63) is 0 Å². The van der Waals surface area contributed by atoms with Crippen LogP contribution in [0.1, 0.15) is 26.2 Å². The van der Waals surface area contributed by atoms with E-state index in [1.54, 1.807) is 14.0 Å². The minimum Gasteiger partial charge on any atom is -0.390 e. The highest BCUT2D eigenvalue weighted by atomic mass is 16.5. The average molecular weight is 192 g/mol. The van der Waals surface area contributed by atoms with Crippen molar-refractivity contribution in [2.24, 2.45) is 0 Å². The summed E-state index contributed by atoms with van der Waals surface area (Å²) in [5.74, 6) is 0. The van der Waals surface area contributed by atoms with Gasteiger partial charge in [0.05, 0.1) is 12.2 Å². The Balaban J connectivity index is 3.62. The van der Waals surface area contributed by atoms with E-state index in [1.807, 2.05) is 0 Å². The molecule has 13 heavy (non-hydrogen) atoms. The maximum Gasteiger partial charge on any atom is 0.106 e. The Morgan fingerprint density at radius 2 is 1.77 bits per heavy atom. The van der Waals surface area contributed by atoms with Crippen LogP contribution in [0, 0.1) is 0 Å². The number of rotatable bonds is 7. The van der Waals surface area contributed by atoms with E-state index in [2.05, 4.69) is 0 Å². The molecule has 0 radical (unpaired) electrons. The predicted molar refractivity (Wildman–Crippen MR) is 49.4 cm³/mol. The first-order valence-electron chi connectivity index (χ1n) is 4.66. The molecule has 0 aromatic carbocycles. The fourth-order valence-electron chi connectivity index (χ4n) is 1.11. The minimum atomic E-state index is -1.04. The smallest absolute Gasteiger partial charge is 0.106 e. The summed E-state index contributed by atoms with van der Waals surface area (Å²) in [6.07, 6.45) is -1.15. The summed E-state index contributed by atoms with van der Waals surface area (Å²) in [5.41, 5.74) is 0. The van der Waals surface area contributed by atoms with Crippen LogP contribution in [0.5, 0.6) is 0 Å². The molecule has 0 aromatic heterocycles. The highest BCUT2D eigenvalue weighted by Gasteiger charge is 2.22. The molecule has 0 saturated heterocycles. The molecule has 0 saturated carbocycles. The molecule has 3 atom stereocenters. The van der Waals surface area contributed by atoms with E-state index in [1.165, 1.54) is 0 Å². The number of methoxy groups -OCH3 is 1. The van der Waals surface area contributed by atoms with Gasteiger partial charge in [0.2, 0.25) is 0 Å². The molecule has 0 aliphatic heterocycles. The molecule has 0 amide bonds. The second kappa shape index (κ2) is 7.26. The van der Waals surface area contributed by atoms with Gasteiger partial charge in [-0.3, -0.25) is 0 Å². The molecule has 0 heterocycles. The molecule has 0 spiro atoms. The fourth-order valence-corrected chi connectivity index (χ4v) is 1.11. The van der Waals surface area contributed by atoms with E-state index in [9.17, 15) is 15.3 Å². The highest BCUT2D eigenvalue weighted by Crippen LogP contribution is 2.08. The van der Waals surface area contributed by atoms with Gasteiger partial charge in [-0.2, -0.15) is 0 Å². The van der Waals surface area contributed by atoms with Crippen LogP contribution < -0.4 is 0 Å². The van der Waals surface area contributed by atoms with Gasteiger partial charge in [0.15, 0.2) is 0 Å². The minimum absolute atomic E-state index is 0.447. The molecule has 0 bridgehead atoms. The Bertz CT molecular complexity index is 118. The Kier molecular flexibility index (Phi) is 7.17. The standard InChI is InChI=1S/C9H20O4/c1-3-7(10)9(12)8(11)5-4-6-13-2/h7-12H,3-6H2,1-2H3. The normalized spacial score (nSPS) is 18.2. The van der Waals surface area contributed by atoms with Gasteiger partial charge >= 0.3 is 0 Å². The first kappa shape index (κ1) is 12.8. The zero-order chi connectivity index (χ0) is 10.3. The van der Waals surface area contributed by atoms with Crippen molar-refractivity contribution in [3.63, 3.8) is 0 Å². The molecule has 80 valence electrons. The van der Waals surface area contributed by atoms with Gasteiger partial charge in [-0.15, -0.1) is 0 Å². The SMILES string of the molecule is CCC(O)C(O)C(O)CCCOC. The number of aliphatic hydroxyl groups is 3. The third-order valence-corrected chi connectivity index (χ3v) is 2.06. The molecule has 0 fully saturated rings. The summed E-state index contributed by atoms with van der Waals surface area (Å²) < 4.78 is 4.80. The average Bonchev–Trinajstić information content (AvgIpc) is 2.15. The van der Waals surface area contributed by atoms with Gasteiger partial charge in [0, 0.05) is 13.7 Å². The Morgan fingerprint density at radius 3 is 2.23 bits per heavy atom. The van der Waals surface area contributed by atoms with E-state index in [4.69, 9.17) is 4.74 Å². The fraction of sp³-hybridized carbons (Fsp3) is 1.00. The van der Waals surface area contributed by atoms with Crippen LogP contribution in [0.3, 0.4) is 0 Å². The topological polar surface area (TPSA) is 69.9 Å². The summed E-state index contributed by atoms with van der Waals surface area (Å²) in [6, 6.07) is 0. The van der Waals surface area contributed by atoms with Gasteiger partial charge in [0.25, 0.3) is 0 Å². The van der Waals surface area contributed by atoms with Crippen LogP contribution in [-0.2, 0) is 4.74 Å². The second-order valence-corrected chi connectivity index (χ2v) is 3.17. The Morgan fingerprint density at radius 1 is 1.15 bits per heavy atom. The van der Waals surface area contributed by atoms with Crippen molar-refractivity contribution in [2.75, 3.05) is 13.7 Å². The summed E-state index contributed by atoms with van der Waals surface area (Å²) in [7, 11) is 1.59. The van der Waals surface area contributed by atoms with Gasteiger partial charge in [0.1, 0.15) is 6.10 Å². The van der Waals surface area contributed by atoms with Crippen LogP contribution in [-0.4, -0.2) is 47.3 Å². The lowest BCUT2D eigenvalue weighted by atomic mass is 10.0. The van der Waals surface area contributed by atoms with Crippen molar-refractivity contribution >= 4 is 0 Å². The third-order valence-electron chi connectivity index (χ3n) is 2.06. The quantitative estimate of drug-likeness (QED) is 0.493. The Hall–Kier alpha value is -0.160. The lowest BCUT2D eigenvalue weighted by molar-refractivity contribution is -0.0641. The van der Waals surface area contributed by atoms with Gasteiger partial charge in [-0.1, -0.05) is 6.92 Å². The lowest BCUT2D eigenvalue weighted by Crippen LogP contribution is -2.37. The molecule has 0 aliphatic rings. The number of aliphatic hydroxyl groups excluding tert-OH is 3. The van der Waals surface area contributed by atoms with Gasteiger partial charge in [-0.05, 0) is 19.3 Å². The van der Waals surface area contributed by atoms with Crippen molar-refractivity contribution < 1.29 is 20.1 Å². The molecule has 3 unspecified atom stereocenters. The van der Waals surface area contributed by atoms with Crippen molar-refractivity contribution in [1.29, 1.82) is 0 Å². The summed E-state index contributed by atoms with van der Waals surface area (Å²) >= 11 is 0. The first-order valence-corrected chi connectivity index (χ1v) is 4.66. The zero-order valence-electron chi connectivity index (χ0n) is 8.31. The van der Waals surface area contributed by atoms with E-state index in [0.717, 1.165) is 0 Å². The van der Waals surface area contributed by atoms with Crippen LogP contribution in [0.15, 0.2) is 0 Å². The van der Waals surface area contributed by atoms with Crippen molar-refractivity contribution in [1.82, 2.24) is 0 Å². The van der Waals surface area contributed by atoms with Crippen LogP contribution >= 0.6 is 0 Å². The highest BCUT2D eigenvalue weighted by molar-refractivity contribution is 4.73. The van der Waals surface area contributed by atoms with Crippen LogP contribution in [0.25, 0.3) is 0 Å². The summed E-state index contributed by atoms with van der Waals surface area (Å²) in [4.78, 5) is 0. The van der Waals surface area contributed by atoms with E-state index < -0.39 is 18.3 Å².